The molecule has 1 atom stereocenters. The maximum absolute atomic E-state index is 7.54. The molecule has 3 rings (SSSR count). The summed E-state index contributed by atoms with van der Waals surface area (Å²) in [5.74, 6) is 1.03. The molecule has 0 aliphatic carbocycles. The summed E-state index contributed by atoms with van der Waals surface area (Å²) < 4.78 is 6.13. The first-order valence-electron chi connectivity index (χ1n) is 7.00. The van der Waals surface area contributed by atoms with E-state index in [0.717, 1.165) is 45.9 Å². The Hall–Kier alpha value is -2.00. The van der Waals surface area contributed by atoms with E-state index in [2.05, 4.69) is 6.92 Å². The highest BCUT2D eigenvalue weighted by atomic mass is 35.5. The number of halogens is 1. The Morgan fingerprint density at radius 3 is 2.90 bits per heavy atom. The Morgan fingerprint density at radius 2 is 2.19 bits per heavy atom. The monoisotopic (exact) mass is 300 g/mol. The molecule has 0 fully saturated rings. The predicted molar refractivity (Wildman–Crippen MR) is 85.4 cm³/mol. The Balaban J connectivity index is 1.94. The number of hydrogen-bond acceptors (Lipinski definition) is 2. The summed E-state index contributed by atoms with van der Waals surface area (Å²) in [6.07, 6.45) is 1.65. The van der Waals surface area contributed by atoms with Crippen LogP contribution in [0.1, 0.15) is 35.3 Å². The number of ether oxygens (including phenoxy) is 1. The van der Waals surface area contributed by atoms with Gasteiger partial charge in [0, 0.05) is 17.0 Å². The Bertz CT molecular complexity index is 712. The largest absolute Gasteiger partial charge is 0.485 e. The molecular formula is C17H17ClN2O. The number of nitrogen functional groups attached to an aromatic ring is 1. The van der Waals surface area contributed by atoms with Gasteiger partial charge < -0.3 is 10.5 Å². The van der Waals surface area contributed by atoms with Crippen LogP contribution in [0.25, 0.3) is 0 Å². The van der Waals surface area contributed by atoms with E-state index in [0.29, 0.717) is 0 Å². The zero-order valence-electron chi connectivity index (χ0n) is 11.8. The van der Waals surface area contributed by atoms with Gasteiger partial charge in [-0.05, 0) is 41.3 Å². The third-order valence-corrected chi connectivity index (χ3v) is 4.04. The molecular weight excluding hydrogens is 284 g/mol. The molecule has 21 heavy (non-hydrogen) atoms. The minimum atomic E-state index is -0.0388. The molecule has 0 bridgehead atoms. The van der Waals surface area contributed by atoms with Gasteiger partial charge in [-0.2, -0.15) is 0 Å². The normalized spacial score (nSPS) is 16.4. The summed E-state index contributed by atoms with van der Waals surface area (Å²) in [6.45, 7) is 2.10. The van der Waals surface area contributed by atoms with Gasteiger partial charge in [-0.15, -0.1) is 0 Å². The van der Waals surface area contributed by atoms with E-state index in [4.69, 9.17) is 27.5 Å². The SMILES string of the molecule is CCc1cc(Cl)cc2c1OC(c1cccc(C(=N)N)c1)C2. The molecule has 3 nitrogen and oxygen atoms in total. The fraction of sp³-hybridized carbons (Fsp3) is 0.235. The van der Waals surface area contributed by atoms with Crippen LogP contribution in [0.5, 0.6) is 5.75 Å². The van der Waals surface area contributed by atoms with E-state index < -0.39 is 0 Å². The highest BCUT2D eigenvalue weighted by molar-refractivity contribution is 6.30. The van der Waals surface area contributed by atoms with Gasteiger partial charge in [0.15, 0.2) is 0 Å². The van der Waals surface area contributed by atoms with Gasteiger partial charge in [0.05, 0.1) is 0 Å². The maximum Gasteiger partial charge on any atom is 0.128 e. The van der Waals surface area contributed by atoms with E-state index in [9.17, 15) is 0 Å². The summed E-state index contributed by atoms with van der Waals surface area (Å²) >= 11 is 6.17. The lowest BCUT2D eigenvalue weighted by molar-refractivity contribution is 0.237. The van der Waals surface area contributed by atoms with Crippen LogP contribution in [-0.4, -0.2) is 5.84 Å². The lowest BCUT2D eigenvalue weighted by Gasteiger charge is -2.13. The summed E-state index contributed by atoms with van der Waals surface area (Å²) in [7, 11) is 0. The van der Waals surface area contributed by atoms with Crippen molar-refractivity contribution in [3.63, 3.8) is 0 Å². The quantitative estimate of drug-likeness (QED) is 0.668. The molecule has 108 valence electrons. The second-order valence-corrected chi connectivity index (χ2v) is 5.69. The van der Waals surface area contributed by atoms with Crippen LogP contribution in [0, 0.1) is 5.41 Å². The molecule has 1 heterocycles. The molecule has 0 saturated heterocycles. The van der Waals surface area contributed by atoms with Crippen LogP contribution in [0.2, 0.25) is 5.02 Å². The van der Waals surface area contributed by atoms with Gasteiger partial charge in [-0.1, -0.05) is 36.7 Å². The first kappa shape index (κ1) is 14.0. The van der Waals surface area contributed by atoms with Crippen LogP contribution in [0.15, 0.2) is 36.4 Å². The zero-order chi connectivity index (χ0) is 15.0. The Kier molecular flexibility index (Phi) is 3.60. The van der Waals surface area contributed by atoms with Crippen molar-refractivity contribution >= 4 is 17.4 Å². The number of amidine groups is 1. The molecule has 0 saturated carbocycles. The highest BCUT2D eigenvalue weighted by Crippen LogP contribution is 2.41. The van der Waals surface area contributed by atoms with E-state index in [-0.39, 0.29) is 11.9 Å². The topological polar surface area (TPSA) is 59.1 Å². The summed E-state index contributed by atoms with van der Waals surface area (Å²) in [6, 6.07) is 11.6. The minimum Gasteiger partial charge on any atom is -0.485 e. The van der Waals surface area contributed by atoms with E-state index in [1.165, 1.54) is 0 Å². The second-order valence-electron chi connectivity index (χ2n) is 5.26. The van der Waals surface area contributed by atoms with Crippen molar-refractivity contribution in [3.8, 4) is 5.75 Å². The first-order valence-corrected chi connectivity index (χ1v) is 7.38. The number of nitrogens with two attached hydrogens (primary N) is 1. The zero-order valence-corrected chi connectivity index (χ0v) is 12.6. The number of rotatable bonds is 3. The standard InChI is InChI=1S/C17H17ClN2O/c1-2-10-7-14(18)8-13-9-15(21-16(10)13)11-4-3-5-12(6-11)17(19)20/h3-8,15H,2,9H2,1H3,(H3,19,20). The van der Waals surface area contributed by atoms with Crippen molar-refractivity contribution in [3.05, 3.63) is 63.7 Å². The van der Waals surface area contributed by atoms with Gasteiger partial charge in [0.2, 0.25) is 0 Å². The van der Waals surface area contributed by atoms with Gasteiger partial charge in [0.1, 0.15) is 17.7 Å². The van der Waals surface area contributed by atoms with Crippen molar-refractivity contribution in [2.24, 2.45) is 5.73 Å². The summed E-state index contributed by atoms with van der Waals surface area (Å²) in [5.41, 5.74) is 9.61. The molecule has 2 aromatic carbocycles. The highest BCUT2D eigenvalue weighted by Gasteiger charge is 2.27. The van der Waals surface area contributed by atoms with Crippen LogP contribution in [0.3, 0.4) is 0 Å². The van der Waals surface area contributed by atoms with Gasteiger partial charge in [0.25, 0.3) is 0 Å². The molecule has 1 unspecified atom stereocenters. The molecule has 2 aromatic rings. The smallest absolute Gasteiger partial charge is 0.128 e. The second kappa shape index (κ2) is 5.41. The van der Waals surface area contributed by atoms with Crippen molar-refractivity contribution in [1.29, 1.82) is 5.41 Å². The molecule has 4 heteroatoms. The van der Waals surface area contributed by atoms with Crippen molar-refractivity contribution < 1.29 is 4.74 Å². The van der Waals surface area contributed by atoms with E-state index in [1.54, 1.807) is 0 Å². The Labute approximate surface area is 129 Å². The van der Waals surface area contributed by atoms with Gasteiger partial charge in [-0.25, -0.2) is 0 Å². The minimum absolute atomic E-state index is 0.0388. The molecule has 3 N–H and O–H groups in total. The number of nitrogens with one attached hydrogen (secondary N) is 1. The molecule has 0 aromatic heterocycles. The number of fused-ring (bicyclic) bond motifs is 1. The van der Waals surface area contributed by atoms with Gasteiger partial charge >= 0.3 is 0 Å². The molecule has 1 aliphatic rings. The molecule has 1 aliphatic heterocycles. The van der Waals surface area contributed by atoms with Crippen molar-refractivity contribution in [1.82, 2.24) is 0 Å². The fourth-order valence-electron chi connectivity index (χ4n) is 2.75. The number of hydrogen-bond donors (Lipinski definition) is 2. The Morgan fingerprint density at radius 1 is 1.38 bits per heavy atom. The number of benzene rings is 2. The average Bonchev–Trinajstić information content (AvgIpc) is 2.90. The van der Waals surface area contributed by atoms with E-state index >= 15 is 0 Å². The van der Waals surface area contributed by atoms with Crippen molar-refractivity contribution in [2.45, 2.75) is 25.9 Å². The third-order valence-electron chi connectivity index (χ3n) is 3.82. The molecule has 0 amide bonds. The lowest BCUT2D eigenvalue weighted by atomic mass is 10.00. The van der Waals surface area contributed by atoms with Crippen molar-refractivity contribution in [2.75, 3.05) is 0 Å². The third kappa shape index (κ3) is 2.61. The van der Waals surface area contributed by atoms with E-state index in [1.807, 2.05) is 36.4 Å². The van der Waals surface area contributed by atoms with Crippen LogP contribution in [0.4, 0.5) is 0 Å². The predicted octanol–water partition coefficient (Wildman–Crippen LogP) is 3.86. The van der Waals surface area contributed by atoms with Gasteiger partial charge in [-0.3, -0.25) is 5.41 Å². The van der Waals surface area contributed by atoms with Crippen LogP contribution >= 0.6 is 11.6 Å². The van der Waals surface area contributed by atoms with Crippen LogP contribution < -0.4 is 10.5 Å². The summed E-state index contributed by atoms with van der Waals surface area (Å²) in [5, 5.41) is 8.30. The molecule has 0 spiro atoms. The fourth-order valence-corrected chi connectivity index (χ4v) is 3.02. The molecule has 0 radical (unpaired) electrons. The van der Waals surface area contributed by atoms with Crippen LogP contribution in [-0.2, 0) is 12.8 Å². The summed E-state index contributed by atoms with van der Waals surface area (Å²) in [4.78, 5) is 0. The average molecular weight is 301 g/mol. The first-order chi connectivity index (χ1) is 10.1. The lowest BCUT2D eigenvalue weighted by Crippen LogP contribution is -2.12. The maximum atomic E-state index is 7.54. The number of aryl methyl sites for hydroxylation is 1.